The van der Waals surface area contributed by atoms with Crippen molar-refractivity contribution in [2.75, 3.05) is 188 Å². The number of amides is 9. The number of nitrogens with two attached hydrogens (primary N) is 4. The van der Waals surface area contributed by atoms with E-state index in [2.05, 4.69) is 120 Å². The largest absolute Gasteiger partial charge is 0.495 e. The second-order valence-electron chi connectivity index (χ2n) is 30.4. The first-order valence-electron chi connectivity index (χ1n) is 42.5. The van der Waals surface area contributed by atoms with E-state index < -0.39 is 17.2 Å². The molecule has 47 nitrogen and oxygen atoms in total. The summed E-state index contributed by atoms with van der Waals surface area (Å²) in [6.07, 6.45) is 15.1. The second kappa shape index (κ2) is 50.9. The first kappa shape index (κ1) is 115. The summed E-state index contributed by atoms with van der Waals surface area (Å²) in [5.74, 6) is 6.03. The Bertz CT molecular complexity index is 6570. The van der Waals surface area contributed by atoms with Crippen LogP contribution in [0, 0.1) is 0 Å². The van der Waals surface area contributed by atoms with Gasteiger partial charge in [0, 0.05) is 134 Å². The van der Waals surface area contributed by atoms with Crippen LogP contribution in [0.4, 0.5) is 129 Å². The van der Waals surface area contributed by atoms with Crippen LogP contribution >= 0.6 is 116 Å². The van der Waals surface area contributed by atoms with Gasteiger partial charge in [0.25, 0.3) is 0 Å². The Morgan fingerprint density at radius 2 is 0.685 bits per heavy atom. The van der Waals surface area contributed by atoms with Crippen molar-refractivity contribution in [2.24, 2.45) is 28.2 Å². The molecule has 16 rings (SSSR count). The third-order valence-electron chi connectivity index (χ3n) is 21.5. The minimum Gasteiger partial charge on any atom is -0.495 e. The van der Waals surface area contributed by atoms with Crippen molar-refractivity contribution in [3.8, 4) is 46.0 Å². The molecule has 12 heterocycles. The number of aromatic nitrogens is 16. The fourth-order valence-corrected chi connectivity index (χ4v) is 17.0. The van der Waals surface area contributed by atoms with Crippen molar-refractivity contribution in [2.45, 2.75) is 54.4 Å². The number of benzene rings is 4. The van der Waals surface area contributed by atoms with Gasteiger partial charge >= 0.3 is 24.1 Å². The van der Waals surface area contributed by atoms with Crippen LogP contribution < -0.4 is 121 Å². The number of carbonyl (C=O) groups is 6. The van der Waals surface area contributed by atoms with Crippen LogP contribution in [0.15, 0.2) is 99.2 Å². The lowest BCUT2D eigenvalue weighted by molar-refractivity contribution is -0.112. The topological polar surface area (TPSA) is 532 Å². The van der Waals surface area contributed by atoms with Gasteiger partial charge in [-0.1, -0.05) is 134 Å². The number of anilines is 19. The fourth-order valence-electron chi connectivity index (χ4n) is 14.1. The lowest BCUT2D eigenvalue weighted by Crippen LogP contribution is -2.46. The summed E-state index contributed by atoms with van der Waals surface area (Å²) in [4.78, 5) is 122. The molecule has 0 aliphatic carbocycles. The molecule has 0 atom stereocenters. The van der Waals surface area contributed by atoms with E-state index in [9.17, 15) is 28.8 Å². The van der Waals surface area contributed by atoms with E-state index in [0.29, 0.717) is 132 Å². The maximum absolute atomic E-state index is 13.4. The summed E-state index contributed by atoms with van der Waals surface area (Å²) < 4.78 is 48.6. The molecule has 780 valence electrons. The molecular weight excluding hydrogens is 2110 g/mol. The highest BCUT2D eigenvalue weighted by molar-refractivity contribution is 6.66. The number of fused-ring (bicyclic) bond motifs is 4. The Hall–Kier alpha value is -14.4. The molecule has 0 spiro atoms. The van der Waals surface area contributed by atoms with Gasteiger partial charge in [0.05, 0.1) is 130 Å². The van der Waals surface area contributed by atoms with Crippen LogP contribution in [0.25, 0.3) is 0 Å². The Morgan fingerprint density at radius 3 is 0.932 bits per heavy atom. The van der Waals surface area contributed by atoms with E-state index >= 15 is 0 Å². The van der Waals surface area contributed by atoms with Gasteiger partial charge in [-0.3, -0.25) is 67.5 Å². The van der Waals surface area contributed by atoms with Gasteiger partial charge < -0.3 is 87.0 Å². The molecular formula is C89H105Cl10N33O14. The lowest BCUT2D eigenvalue weighted by atomic mass is 10.2. The average molecular weight is 2220 g/mol. The Balaban J connectivity index is 0.000000203. The fraction of sp³-hybridized carbons (Fsp3) is 0.303. The van der Waals surface area contributed by atoms with Crippen molar-refractivity contribution in [1.29, 1.82) is 0 Å². The van der Waals surface area contributed by atoms with Crippen molar-refractivity contribution >= 4 is 261 Å². The number of hydrogen-bond donors (Lipinski definition) is 8. The third-order valence-corrected chi connectivity index (χ3v) is 24.8. The SMILES string of the molecule is C.C=CC(=O)Cl.C=CC(=O)Nc1nn(C)cc1Nc1ncc2c(n1)N(C)C(=O)N(c1c(Cl)c(OC)cc(OC)c1Cl)C2.CCN(CC)CC.COc1cc(OC)c(Cl)c(N2Cc3cnc(Cl)nc3N(C)C2=O)c1Cl.COc1cc(OC)c(Cl)c(N2Cc3cnc(Nc4cn(C)nc4N)nc3N(C)C2=O)c1Cl.COc1cc(OC)c(Cl)c(N2Cc3cnc(Nc4cnn(C)c4N)nc3N(C)C2=O)c1Cl.Cn1cc(N)c(N)n1. The van der Waals surface area contributed by atoms with E-state index in [4.69, 9.17) is 177 Å². The Labute approximate surface area is 889 Å². The van der Waals surface area contributed by atoms with Crippen LogP contribution in [0.5, 0.6) is 46.0 Å². The summed E-state index contributed by atoms with van der Waals surface area (Å²) in [5, 5.41) is 28.8. The zero-order valence-electron chi connectivity index (χ0n) is 81.4. The number of nitrogens with one attached hydrogen (secondary N) is 4. The molecule has 9 amide bonds. The van der Waals surface area contributed by atoms with E-state index in [1.807, 2.05) is 0 Å². The number of urea groups is 4. The summed E-state index contributed by atoms with van der Waals surface area (Å²) in [5.41, 5.74) is 28.3. The first-order chi connectivity index (χ1) is 68.9. The van der Waals surface area contributed by atoms with Crippen molar-refractivity contribution in [3.63, 3.8) is 0 Å². The minimum atomic E-state index is -0.509. The molecule has 0 fully saturated rings. The highest BCUT2D eigenvalue weighted by Gasteiger charge is 2.41. The second-order valence-corrected chi connectivity index (χ2v) is 34.2. The van der Waals surface area contributed by atoms with Gasteiger partial charge in [0.1, 0.15) is 132 Å². The van der Waals surface area contributed by atoms with Crippen LogP contribution in [-0.2, 0) is 64.0 Å². The van der Waals surface area contributed by atoms with Gasteiger partial charge in [0.15, 0.2) is 17.5 Å². The molecule has 0 radical (unpaired) electrons. The summed E-state index contributed by atoms with van der Waals surface area (Å²) in [6, 6.07) is 4.66. The predicted molar refractivity (Wildman–Crippen MR) is 572 cm³/mol. The summed E-state index contributed by atoms with van der Waals surface area (Å²) in [6.45, 7) is 17.2. The third kappa shape index (κ3) is 25.7. The standard InChI is InChI=1S/C22H22Cl2N8O4.2C19H20Cl2N8O3.C15H13Cl3N4O3.C6H15N.C4H8N4.C3H3ClO.CH4/c1-6-15(33)27-19-12(10-30(2)29-19)26-21-25-8-11-9-32(22(34)31(3)20(11)28-21)18-16(23)13(35-4)7-14(36-5)17(18)24;1-27-17-9(6-23-18(26-17)25-10-7-24-28(2)16(10)22)8-29(19(27)30)15-13(20)11(31-3)5-12(32-4)14(15)21;1-27-8-10(16(22)26-27)24-18-23-6-9-7-29(19(30)28(2)17(9)25-18)15-13(20)11(31-3)5-12(32-4)14(15)21;1-21-13-7(5-19-14(18)20-13)6-22(15(21)23)12-10(16)8(24-2)4-9(25-3)11(12)17;1-4-7(5-2)6-3;1-8-2-3(5)4(6)7-8;1-2-3(4)5;/h6-8,10H,1,9H2,2-5H3,(H,25,26,28)(H,27,29,33);5-7H,8,22H2,1-4H3,(H,23,25,26);5-6,8H,7H2,1-4H3,(H2,22,26)(H,23,24,25);4-5H,6H2,1-3H3;4-6H2,1-3H3;2H,5H2,1H3,(H2,6,7);2H,1H2;1H4. The number of carbonyl (C=O) groups excluding carboxylic acids is 6. The number of nitrogen functional groups attached to an aromatic ring is 4. The molecule has 57 heteroatoms. The minimum absolute atomic E-state index is 0. The highest BCUT2D eigenvalue weighted by atomic mass is 35.5. The van der Waals surface area contributed by atoms with Gasteiger partial charge in [-0.2, -0.15) is 40.3 Å². The monoisotopic (exact) mass is 2210 g/mol. The van der Waals surface area contributed by atoms with Crippen LogP contribution in [0.2, 0.25) is 45.5 Å². The molecule has 12 N–H and O–H groups in total. The zero-order chi connectivity index (χ0) is 107. The van der Waals surface area contributed by atoms with E-state index in [0.717, 1.165) is 12.2 Å². The molecule has 0 saturated carbocycles. The van der Waals surface area contributed by atoms with Crippen molar-refractivity contribution < 1.29 is 66.7 Å². The Kier molecular flexibility index (Phi) is 40.2. The number of allylic oxidation sites excluding steroid dienone is 1. The van der Waals surface area contributed by atoms with Crippen LogP contribution in [0.1, 0.15) is 50.5 Å². The van der Waals surface area contributed by atoms with Gasteiger partial charge in [-0.25, -0.2) is 39.1 Å². The maximum atomic E-state index is 13.4. The van der Waals surface area contributed by atoms with E-state index in [-0.39, 0.29) is 144 Å². The Morgan fingerprint density at radius 1 is 0.404 bits per heavy atom. The number of methoxy groups -OCH3 is 8. The van der Waals surface area contributed by atoms with Crippen molar-refractivity contribution in [3.05, 3.63) is 167 Å². The average Bonchev–Trinajstić information content (AvgIpc) is 1.16. The molecule has 4 aliphatic rings. The molecule has 12 aromatic rings. The van der Waals surface area contributed by atoms with Crippen molar-refractivity contribution in [1.82, 2.24) is 83.9 Å². The normalized spacial score (nSPS) is 12.6. The molecule has 146 heavy (non-hydrogen) atoms. The molecule has 0 unspecified atom stereocenters. The molecule has 8 aromatic heterocycles. The first-order valence-corrected chi connectivity index (χ1v) is 46.3. The maximum Gasteiger partial charge on any atom is 0.330 e. The van der Waals surface area contributed by atoms with Crippen LogP contribution in [-0.4, -0.2) is 224 Å². The zero-order valence-corrected chi connectivity index (χ0v) is 89.0. The smallest absolute Gasteiger partial charge is 0.330 e. The van der Waals surface area contributed by atoms with E-state index in [1.165, 1.54) is 125 Å². The van der Waals surface area contributed by atoms with Gasteiger partial charge in [-0.05, 0) is 55.0 Å². The van der Waals surface area contributed by atoms with Gasteiger partial charge in [-0.15, -0.1) is 0 Å². The molecule has 0 bridgehead atoms. The van der Waals surface area contributed by atoms with E-state index in [1.54, 1.807) is 140 Å². The number of ether oxygens (including phenoxy) is 8. The number of nitrogens with zero attached hydrogens (tertiary/aromatic N) is 25. The lowest BCUT2D eigenvalue weighted by Gasteiger charge is -2.35. The molecule has 4 aromatic carbocycles. The number of aryl methyl sites for hydroxylation is 4. The number of halogens is 10. The molecule has 4 aliphatic heterocycles. The number of rotatable bonds is 24. The van der Waals surface area contributed by atoms with Gasteiger partial charge in [0.2, 0.25) is 34.3 Å². The molecule has 0 saturated heterocycles. The summed E-state index contributed by atoms with van der Waals surface area (Å²) in [7, 11) is 25.0. The van der Waals surface area contributed by atoms with Crippen LogP contribution in [0.3, 0.4) is 0 Å². The summed E-state index contributed by atoms with van der Waals surface area (Å²) >= 11 is 62.5. The quantitative estimate of drug-likeness (QED) is 0.0158. The number of hydrogen-bond acceptors (Lipinski definition) is 34. The highest BCUT2D eigenvalue weighted by Crippen LogP contribution is 2.53. The predicted octanol–water partition coefficient (Wildman–Crippen LogP) is 17.4.